The molecule has 16 heavy (non-hydrogen) atoms. The van der Waals surface area contributed by atoms with Crippen LogP contribution < -0.4 is 4.80 Å². The molecule has 0 atom stereocenters. The van der Waals surface area contributed by atoms with Crippen molar-refractivity contribution in [2.45, 2.75) is 6.92 Å². The van der Waals surface area contributed by atoms with Gasteiger partial charge in [-0.3, -0.25) is 0 Å². The highest BCUT2D eigenvalue weighted by Crippen LogP contribution is 1.96. The smallest absolute Gasteiger partial charge is 0.210 e. The van der Waals surface area contributed by atoms with Gasteiger partial charge in [-0.2, -0.15) is 5.10 Å². The average molecular weight is 235 g/mol. The van der Waals surface area contributed by atoms with Gasteiger partial charge in [0, 0.05) is 37.6 Å². The molecule has 0 saturated heterocycles. The fourth-order valence-electron chi connectivity index (χ4n) is 1.17. The van der Waals surface area contributed by atoms with Crippen LogP contribution in [-0.4, -0.2) is 20.3 Å². The summed E-state index contributed by atoms with van der Waals surface area (Å²) < 4.78 is 3.89. The molecule has 0 aliphatic carbocycles. The molecule has 5 nitrogen and oxygen atoms in total. The molecule has 84 valence electrons. The maximum Gasteiger partial charge on any atom is 0.210 e. The van der Waals surface area contributed by atoms with E-state index in [0.29, 0.717) is 0 Å². The van der Waals surface area contributed by atoms with Crippen molar-refractivity contribution in [3.05, 3.63) is 34.1 Å². The van der Waals surface area contributed by atoms with Gasteiger partial charge in [-0.25, -0.2) is 4.98 Å². The summed E-state index contributed by atoms with van der Waals surface area (Å²) in [5.74, 6) is 0.791. The van der Waals surface area contributed by atoms with E-state index in [1.54, 1.807) is 23.7 Å². The highest BCUT2D eigenvalue weighted by Gasteiger charge is 1.94. The minimum atomic E-state index is 0.791. The first kappa shape index (κ1) is 10.8. The van der Waals surface area contributed by atoms with E-state index in [-0.39, 0.29) is 0 Å². The van der Waals surface area contributed by atoms with Crippen LogP contribution in [-0.2, 0) is 14.1 Å². The summed E-state index contributed by atoms with van der Waals surface area (Å²) in [6.45, 7) is 2.04. The van der Waals surface area contributed by atoms with Gasteiger partial charge in [0.1, 0.15) is 0 Å². The molecular formula is C10H13N5S. The molecule has 0 aliphatic rings. The summed E-state index contributed by atoms with van der Waals surface area (Å²) in [6.07, 6.45) is 5.25. The lowest BCUT2D eigenvalue weighted by Gasteiger charge is -1.92. The van der Waals surface area contributed by atoms with Crippen molar-refractivity contribution < 1.29 is 0 Å². The van der Waals surface area contributed by atoms with Gasteiger partial charge in [0.15, 0.2) is 5.82 Å². The molecule has 2 aromatic heterocycles. The Morgan fingerprint density at radius 1 is 1.44 bits per heavy atom. The largest absolute Gasteiger partial charge is 0.333 e. The van der Waals surface area contributed by atoms with E-state index in [9.17, 15) is 0 Å². The van der Waals surface area contributed by atoms with Gasteiger partial charge in [-0.15, -0.1) is 16.4 Å². The van der Waals surface area contributed by atoms with Crippen molar-refractivity contribution in [1.29, 1.82) is 0 Å². The van der Waals surface area contributed by atoms with Gasteiger partial charge < -0.3 is 9.13 Å². The molecule has 0 fully saturated rings. The van der Waals surface area contributed by atoms with Crippen molar-refractivity contribution in [2.24, 2.45) is 24.3 Å². The van der Waals surface area contributed by atoms with E-state index in [0.717, 1.165) is 10.6 Å². The lowest BCUT2D eigenvalue weighted by molar-refractivity contribution is 0.820. The average Bonchev–Trinajstić information content (AvgIpc) is 2.80. The van der Waals surface area contributed by atoms with E-state index < -0.39 is 0 Å². The van der Waals surface area contributed by atoms with Crippen LogP contribution in [0.5, 0.6) is 0 Å². The molecule has 0 radical (unpaired) electrons. The molecule has 6 heteroatoms. The van der Waals surface area contributed by atoms with Crippen molar-refractivity contribution in [1.82, 2.24) is 14.1 Å². The molecule has 0 bridgehead atoms. The number of hydrogen-bond donors (Lipinski definition) is 0. The normalized spacial score (nSPS) is 12.8. The molecule has 0 N–H and O–H groups in total. The zero-order valence-corrected chi connectivity index (χ0v) is 10.3. The summed E-state index contributed by atoms with van der Waals surface area (Å²) in [6, 6.07) is 0. The van der Waals surface area contributed by atoms with Gasteiger partial charge in [0.25, 0.3) is 0 Å². The summed E-state index contributed by atoms with van der Waals surface area (Å²) in [5.41, 5.74) is 1.18. The Labute approximate surface area is 97.4 Å². The predicted octanol–water partition coefficient (Wildman–Crippen LogP) is 1.06. The van der Waals surface area contributed by atoms with Gasteiger partial charge in [0.05, 0.1) is 6.21 Å². The molecule has 0 spiro atoms. The Morgan fingerprint density at radius 3 is 2.81 bits per heavy atom. The zero-order chi connectivity index (χ0) is 11.5. The van der Waals surface area contributed by atoms with Crippen molar-refractivity contribution >= 4 is 17.6 Å². The Kier molecular flexibility index (Phi) is 3.00. The molecule has 0 unspecified atom stereocenters. The third kappa shape index (κ3) is 2.11. The van der Waals surface area contributed by atoms with Crippen LogP contribution in [0.25, 0.3) is 0 Å². The van der Waals surface area contributed by atoms with E-state index in [1.807, 2.05) is 36.4 Å². The quantitative estimate of drug-likeness (QED) is 0.567. The van der Waals surface area contributed by atoms with Gasteiger partial charge in [-0.1, -0.05) is 0 Å². The van der Waals surface area contributed by atoms with Gasteiger partial charge >= 0.3 is 0 Å². The highest BCUT2D eigenvalue weighted by atomic mass is 32.1. The van der Waals surface area contributed by atoms with Crippen LogP contribution in [0.4, 0.5) is 0 Å². The van der Waals surface area contributed by atoms with Crippen LogP contribution in [0.3, 0.4) is 0 Å². The summed E-state index contributed by atoms with van der Waals surface area (Å²) in [7, 11) is 3.89. The highest BCUT2D eigenvalue weighted by molar-refractivity contribution is 7.07. The molecule has 0 amide bonds. The summed E-state index contributed by atoms with van der Waals surface area (Å²) >= 11 is 1.57. The Morgan fingerprint density at radius 2 is 2.25 bits per heavy atom. The number of thiazole rings is 1. The monoisotopic (exact) mass is 235 g/mol. The summed E-state index contributed by atoms with van der Waals surface area (Å²) in [4.78, 5) is 5.00. The maximum atomic E-state index is 4.14. The first-order valence-corrected chi connectivity index (χ1v) is 5.72. The Balaban J connectivity index is 2.24. The number of aryl methyl sites for hydroxylation is 2. The predicted molar refractivity (Wildman–Crippen MR) is 64.4 cm³/mol. The second-order valence-electron chi connectivity index (χ2n) is 3.46. The fourth-order valence-corrected chi connectivity index (χ4v) is 2.00. The first-order valence-electron chi connectivity index (χ1n) is 4.84. The van der Waals surface area contributed by atoms with Crippen LogP contribution in [0, 0.1) is 6.92 Å². The molecule has 2 aromatic rings. The van der Waals surface area contributed by atoms with Crippen LogP contribution in [0.15, 0.2) is 28.0 Å². The topological polar surface area (TPSA) is 47.5 Å². The fraction of sp³-hybridized carbons (Fsp3) is 0.300. The molecule has 0 aliphatic heterocycles. The van der Waals surface area contributed by atoms with Gasteiger partial charge in [-0.05, 0) is 6.92 Å². The standard InChI is InChI=1S/C10H13N5S/c1-8-7-16-10(15(8)3)13-12-6-9-11-4-5-14(9)2/h4-7H,1-3H3/b12-6-,13-10+. The van der Waals surface area contributed by atoms with Crippen LogP contribution in [0.1, 0.15) is 11.5 Å². The number of aromatic nitrogens is 3. The second-order valence-corrected chi connectivity index (χ2v) is 4.30. The Hall–Kier alpha value is -1.69. The SMILES string of the molecule is Cc1cs/c(=N/N=C\c2nccn2C)n1C. The van der Waals surface area contributed by atoms with Crippen molar-refractivity contribution in [3.63, 3.8) is 0 Å². The minimum absolute atomic E-state index is 0.791. The molecule has 2 heterocycles. The number of hydrogen-bond acceptors (Lipinski definition) is 4. The molecule has 0 saturated carbocycles. The third-order valence-electron chi connectivity index (χ3n) is 2.33. The lowest BCUT2D eigenvalue weighted by atomic mass is 10.6. The molecule has 2 rings (SSSR count). The van der Waals surface area contributed by atoms with Crippen LogP contribution in [0.2, 0.25) is 0 Å². The van der Waals surface area contributed by atoms with E-state index >= 15 is 0 Å². The van der Waals surface area contributed by atoms with Crippen molar-refractivity contribution in [3.8, 4) is 0 Å². The van der Waals surface area contributed by atoms with Gasteiger partial charge in [0.2, 0.25) is 4.80 Å². The van der Waals surface area contributed by atoms with Crippen LogP contribution >= 0.6 is 11.3 Å². The number of imidazole rings is 1. The summed E-state index contributed by atoms with van der Waals surface area (Å²) in [5, 5.41) is 10.2. The third-order valence-corrected chi connectivity index (χ3v) is 3.35. The van der Waals surface area contributed by atoms with E-state index in [2.05, 4.69) is 20.6 Å². The van der Waals surface area contributed by atoms with E-state index in [4.69, 9.17) is 0 Å². The maximum absolute atomic E-state index is 4.14. The zero-order valence-electron chi connectivity index (χ0n) is 9.45. The molecular weight excluding hydrogens is 222 g/mol. The first-order chi connectivity index (χ1) is 7.68. The van der Waals surface area contributed by atoms with Crippen molar-refractivity contribution in [2.75, 3.05) is 0 Å². The number of rotatable bonds is 2. The number of nitrogens with zero attached hydrogens (tertiary/aromatic N) is 5. The second kappa shape index (κ2) is 4.44. The Bertz CT molecular complexity index is 572. The van der Waals surface area contributed by atoms with E-state index in [1.165, 1.54) is 5.69 Å². The molecule has 0 aromatic carbocycles. The lowest BCUT2D eigenvalue weighted by Crippen LogP contribution is -2.10. The minimum Gasteiger partial charge on any atom is -0.333 e.